The van der Waals surface area contributed by atoms with Gasteiger partial charge in [-0.1, -0.05) is 13.3 Å². The average Bonchev–Trinajstić information content (AvgIpc) is 3.20. The van der Waals surface area contributed by atoms with E-state index in [-0.39, 0.29) is 11.8 Å². The molecule has 2 rings (SSSR count). The van der Waals surface area contributed by atoms with E-state index in [1.165, 1.54) is 19.4 Å². The van der Waals surface area contributed by atoms with Crippen LogP contribution in [0.4, 0.5) is 0 Å². The maximum atomic E-state index is 12.3. The number of hydrogen-bond acceptors (Lipinski definition) is 3. The van der Waals surface area contributed by atoms with Crippen LogP contribution >= 0.6 is 0 Å². The molecule has 4 nitrogen and oxygen atoms in total. The smallest absolute Gasteiger partial charge is 0.227 e. The quantitative estimate of drug-likeness (QED) is 0.765. The van der Waals surface area contributed by atoms with E-state index in [0.717, 1.165) is 44.9 Å². The Morgan fingerprint density at radius 3 is 2.44 bits per heavy atom. The van der Waals surface area contributed by atoms with E-state index in [0.29, 0.717) is 6.54 Å². The molecule has 0 aromatic heterocycles. The second kappa shape index (κ2) is 6.53. The van der Waals surface area contributed by atoms with Crippen LogP contribution in [0, 0.1) is 11.8 Å². The van der Waals surface area contributed by atoms with E-state index in [2.05, 4.69) is 11.8 Å². The van der Waals surface area contributed by atoms with Gasteiger partial charge in [0.25, 0.3) is 0 Å². The number of piperazine rings is 1. The molecule has 1 aliphatic carbocycles. The van der Waals surface area contributed by atoms with Crippen molar-refractivity contribution < 1.29 is 4.79 Å². The van der Waals surface area contributed by atoms with E-state index in [1.807, 2.05) is 4.90 Å². The minimum absolute atomic E-state index is 0.0463. The molecule has 2 aliphatic rings. The van der Waals surface area contributed by atoms with E-state index in [4.69, 9.17) is 5.73 Å². The van der Waals surface area contributed by atoms with Gasteiger partial charge >= 0.3 is 0 Å². The second-order valence-corrected chi connectivity index (χ2v) is 5.79. The molecule has 0 radical (unpaired) electrons. The average molecular weight is 253 g/mol. The lowest BCUT2D eigenvalue weighted by Crippen LogP contribution is -2.51. The highest BCUT2D eigenvalue weighted by Crippen LogP contribution is 2.30. The lowest BCUT2D eigenvalue weighted by Gasteiger charge is -2.36. The number of hydrogen-bond donors (Lipinski definition) is 1. The predicted molar refractivity (Wildman–Crippen MR) is 73.2 cm³/mol. The Bertz CT molecular complexity index is 270. The molecule has 2 fully saturated rings. The summed E-state index contributed by atoms with van der Waals surface area (Å²) in [5.41, 5.74) is 5.71. The highest BCUT2D eigenvalue weighted by molar-refractivity contribution is 5.79. The van der Waals surface area contributed by atoms with Crippen molar-refractivity contribution in [3.63, 3.8) is 0 Å². The SMILES string of the molecule is CCCC(CN)C(=O)N1CCN(CC2CC2)CC1. The predicted octanol–water partition coefficient (Wildman–Crippen LogP) is 0.916. The molecule has 1 aliphatic heterocycles. The Labute approximate surface area is 110 Å². The number of nitrogens with zero attached hydrogens (tertiary/aromatic N) is 2. The third-order valence-corrected chi connectivity index (χ3v) is 4.17. The van der Waals surface area contributed by atoms with Crippen molar-refractivity contribution in [1.82, 2.24) is 9.80 Å². The molecule has 1 unspecified atom stereocenters. The zero-order valence-electron chi connectivity index (χ0n) is 11.6. The summed E-state index contributed by atoms with van der Waals surface area (Å²) in [6, 6.07) is 0. The number of carbonyl (C=O) groups is 1. The van der Waals surface area contributed by atoms with Crippen LogP contribution in [0.3, 0.4) is 0 Å². The monoisotopic (exact) mass is 253 g/mol. The van der Waals surface area contributed by atoms with E-state index >= 15 is 0 Å². The molecule has 0 bridgehead atoms. The van der Waals surface area contributed by atoms with Gasteiger partial charge in [0.1, 0.15) is 0 Å². The summed E-state index contributed by atoms with van der Waals surface area (Å²) in [7, 11) is 0. The fraction of sp³-hybridized carbons (Fsp3) is 0.929. The van der Waals surface area contributed by atoms with Gasteiger partial charge in [0.2, 0.25) is 5.91 Å². The molecule has 0 aromatic rings. The van der Waals surface area contributed by atoms with Gasteiger partial charge in [0.15, 0.2) is 0 Å². The molecule has 2 N–H and O–H groups in total. The van der Waals surface area contributed by atoms with Gasteiger partial charge in [-0.05, 0) is 25.2 Å². The van der Waals surface area contributed by atoms with Gasteiger partial charge in [-0.25, -0.2) is 0 Å². The zero-order chi connectivity index (χ0) is 13.0. The third kappa shape index (κ3) is 3.69. The Morgan fingerprint density at radius 2 is 1.94 bits per heavy atom. The number of nitrogens with two attached hydrogens (primary N) is 1. The first kappa shape index (κ1) is 13.8. The van der Waals surface area contributed by atoms with Crippen molar-refractivity contribution in [1.29, 1.82) is 0 Å². The lowest BCUT2D eigenvalue weighted by molar-refractivity contribution is -0.137. The molecule has 0 aromatic carbocycles. The van der Waals surface area contributed by atoms with Gasteiger partial charge < -0.3 is 10.6 Å². The molecule has 1 amide bonds. The Balaban J connectivity index is 1.74. The summed E-state index contributed by atoms with van der Waals surface area (Å²) in [4.78, 5) is 16.8. The normalized spacial score (nSPS) is 23.1. The number of carbonyl (C=O) groups excluding carboxylic acids is 1. The van der Waals surface area contributed by atoms with Crippen molar-refractivity contribution in [2.75, 3.05) is 39.3 Å². The first-order valence-corrected chi connectivity index (χ1v) is 7.45. The molecular weight excluding hydrogens is 226 g/mol. The highest BCUT2D eigenvalue weighted by atomic mass is 16.2. The Hall–Kier alpha value is -0.610. The van der Waals surface area contributed by atoms with Crippen LogP contribution < -0.4 is 5.73 Å². The van der Waals surface area contributed by atoms with Crippen LogP contribution in [0.2, 0.25) is 0 Å². The van der Waals surface area contributed by atoms with Crippen molar-refractivity contribution in [3.05, 3.63) is 0 Å². The van der Waals surface area contributed by atoms with Crippen molar-refractivity contribution >= 4 is 5.91 Å². The molecular formula is C14H27N3O. The second-order valence-electron chi connectivity index (χ2n) is 5.79. The summed E-state index contributed by atoms with van der Waals surface area (Å²) >= 11 is 0. The summed E-state index contributed by atoms with van der Waals surface area (Å²) < 4.78 is 0. The van der Waals surface area contributed by atoms with Gasteiger partial charge in [0, 0.05) is 39.3 Å². The molecule has 1 saturated heterocycles. The first-order valence-electron chi connectivity index (χ1n) is 7.45. The number of amides is 1. The lowest BCUT2D eigenvalue weighted by atomic mass is 10.0. The maximum absolute atomic E-state index is 12.3. The van der Waals surface area contributed by atoms with Crippen molar-refractivity contribution in [2.45, 2.75) is 32.6 Å². The van der Waals surface area contributed by atoms with Crippen LogP contribution in [0.25, 0.3) is 0 Å². The largest absolute Gasteiger partial charge is 0.340 e. The zero-order valence-corrected chi connectivity index (χ0v) is 11.6. The van der Waals surface area contributed by atoms with E-state index in [1.54, 1.807) is 0 Å². The minimum Gasteiger partial charge on any atom is -0.340 e. The van der Waals surface area contributed by atoms with Gasteiger partial charge in [-0.3, -0.25) is 9.69 Å². The van der Waals surface area contributed by atoms with Gasteiger partial charge in [-0.2, -0.15) is 0 Å². The molecule has 1 heterocycles. The van der Waals surface area contributed by atoms with Crippen LogP contribution in [0.15, 0.2) is 0 Å². The fourth-order valence-electron chi connectivity index (χ4n) is 2.77. The summed E-state index contributed by atoms with van der Waals surface area (Å²) in [6.45, 7) is 7.74. The standard InChI is InChI=1S/C14H27N3O/c1-2-3-13(10-15)14(18)17-8-6-16(7-9-17)11-12-4-5-12/h12-13H,2-11,15H2,1H3. The molecule has 104 valence electrons. The molecule has 4 heteroatoms. The van der Waals surface area contributed by atoms with E-state index in [9.17, 15) is 4.79 Å². The minimum atomic E-state index is 0.0463. The number of rotatable bonds is 6. The fourth-order valence-corrected chi connectivity index (χ4v) is 2.77. The van der Waals surface area contributed by atoms with E-state index < -0.39 is 0 Å². The third-order valence-electron chi connectivity index (χ3n) is 4.17. The van der Waals surface area contributed by atoms with Gasteiger partial charge in [0.05, 0.1) is 5.92 Å². The van der Waals surface area contributed by atoms with Crippen molar-refractivity contribution in [3.8, 4) is 0 Å². The van der Waals surface area contributed by atoms with Crippen LogP contribution in [-0.4, -0.2) is 55.0 Å². The summed E-state index contributed by atoms with van der Waals surface area (Å²) in [5, 5.41) is 0. The van der Waals surface area contributed by atoms with Crippen LogP contribution in [0.1, 0.15) is 32.6 Å². The van der Waals surface area contributed by atoms with Crippen molar-refractivity contribution in [2.24, 2.45) is 17.6 Å². The maximum Gasteiger partial charge on any atom is 0.227 e. The topological polar surface area (TPSA) is 49.6 Å². The molecule has 0 spiro atoms. The van der Waals surface area contributed by atoms with Crippen LogP contribution in [0.5, 0.6) is 0 Å². The van der Waals surface area contributed by atoms with Gasteiger partial charge in [-0.15, -0.1) is 0 Å². The van der Waals surface area contributed by atoms with Crippen LogP contribution in [-0.2, 0) is 4.79 Å². The Morgan fingerprint density at radius 1 is 1.28 bits per heavy atom. The summed E-state index contributed by atoms with van der Waals surface area (Å²) in [5.74, 6) is 1.28. The summed E-state index contributed by atoms with van der Waals surface area (Å²) in [6.07, 6.45) is 4.78. The first-order chi connectivity index (χ1) is 8.74. The molecule has 18 heavy (non-hydrogen) atoms. The molecule has 1 atom stereocenters. The Kier molecular flexibility index (Phi) is 5.01. The highest BCUT2D eigenvalue weighted by Gasteiger charge is 2.29. The molecule has 1 saturated carbocycles.